The first-order chi connectivity index (χ1) is 16.0. The smallest absolute Gasteiger partial charge is 0.415 e. The van der Waals surface area contributed by atoms with Gasteiger partial charge in [0.05, 0.1) is 5.56 Å². The van der Waals surface area contributed by atoms with Crippen LogP contribution in [0.2, 0.25) is 0 Å². The molecule has 0 radical (unpaired) electrons. The second-order valence-corrected chi connectivity index (χ2v) is 8.68. The van der Waals surface area contributed by atoms with Gasteiger partial charge in [-0.25, -0.2) is 19.6 Å². The van der Waals surface area contributed by atoms with Crippen LogP contribution in [0.25, 0.3) is 0 Å². The van der Waals surface area contributed by atoms with E-state index in [-0.39, 0.29) is 11.7 Å². The van der Waals surface area contributed by atoms with Crippen molar-refractivity contribution in [2.24, 2.45) is 7.05 Å². The van der Waals surface area contributed by atoms with Crippen molar-refractivity contribution in [1.29, 1.82) is 0 Å². The predicted octanol–water partition coefficient (Wildman–Crippen LogP) is 3.17. The number of aryl methyl sites for hydroxylation is 2. The number of ether oxygens (including phenoxy) is 1. The Bertz CT molecular complexity index is 1090. The number of imidazole rings is 1. The molecule has 33 heavy (non-hydrogen) atoms. The number of carboxylic acids is 1. The summed E-state index contributed by atoms with van der Waals surface area (Å²) in [5.74, 6) is 1.14. The topological polar surface area (TPSA) is 101 Å². The van der Waals surface area contributed by atoms with E-state index < -0.39 is 5.97 Å². The van der Waals surface area contributed by atoms with Crippen LogP contribution >= 0.6 is 11.8 Å². The number of carbonyl (C=O) groups excluding carboxylic acids is 1. The maximum Gasteiger partial charge on any atom is 0.415 e. The number of amides is 1. The fourth-order valence-electron chi connectivity index (χ4n) is 3.46. The zero-order valence-corrected chi connectivity index (χ0v) is 19.1. The highest BCUT2D eigenvalue weighted by Gasteiger charge is 2.23. The van der Waals surface area contributed by atoms with E-state index in [1.54, 1.807) is 28.9 Å². The molecule has 9 nitrogen and oxygen atoms in total. The first-order valence-electron chi connectivity index (χ1n) is 10.6. The van der Waals surface area contributed by atoms with Gasteiger partial charge < -0.3 is 24.2 Å². The third kappa shape index (κ3) is 5.83. The Morgan fingerprint density at radius 3 is 2.42 bits per heavy atom. The summed E-state index contributed by atoms with van der Waals surface area (Å²) in [5.41, 5.74) is 1.32. The summed E-state index contributed by atoms with van der Waals surface area (Å²) in [6, 6.07) is 10.8. The van der Waals surface area contributed by atoms with Crippen LogP contribution in [-0.4, -0.2) is 68.5 Å². The molecule has 1 N–H and O–H groups in total. The van der Waals surface area contributed by atoms with E-state index in [1.807, 2.05) is 47.0 Å². The second-order valence-electron chi connectivity index (χ2n) is 7.62. The van der Waals surface area contributed by atoms with E-state index in [9.17, 15) is 9.59 Å². The standard InChI is InChI=1S/C23H25N5O4S/c1-26-10-9-24-22(26)33-15-8-17-2-5-19(6-3-17)32-23(31)28-13-11-27(12-14-28)20-7-4-18(16-25-20)21(29)30/h2-7,9-10,16H,8,11-15H2,1H3,(H,29,30). The van der Waals surface area contributed by atoms with E-state index in [0.717, 1.165) is 17.3 Å². The molecule has 3 aromatic rings. The summed E-state index contributed by atoms with van der Waals surface area (Å²) in [4.78, 5) is 35.7. The molecule has 1 aliphatic heterocycles. The van der Waals surface area contributed by atoms with Gasteiger partial charge in [0, 0.05) is 57.6 Å². The SMILES string of the molecule is Cn1ccnc1SCCc1ccc(OC(=O)N2CCN(c3ccc(C(=O)O)cn3)CC2)cc1. The second kappa shape index (κ2) is 10.4. The van der Waals surface area contributed by atoms with Crippen LogP contribution < -0.4 is 9.64 Å². The molecule has 1 saturated heterocycles. The number of piperazine rings is 1. The molecule has 2 aromatic heterocycles. The number of nitrogens with zero attached hydrogens (tertiary/aromatic N) is 5. The molecule has 0 saturated carbocycles. The zero-order valence-electron chi connectivity index (χ0n) is 18.3. The Morgan fingerprint density at radius 2 is 1.82 bits per heavy atom. The minimum Gasteiger partial charge on any atom is -0.478 e. The first kappa shape index (κ1) is 22.7. The average molecular weight is 468 g/mol. The summed E-state index contributed by atoms with van der Waals surface area (Å²) in [5, 5.41) is 9.98. The summed E-state index contributed by atoms with van der Waals surface area (Å²) in [6.07, 6.45) is 5.59. The van der Waals surface area contributed by atoms with Crippen LogP contribution in [0.15, 0.2) is 60.1 Å². The molecule has 10 heteroatoms. The quantitative estimate of drug-likeness (QED) is 0.529. The highest BCUT2D eigenvalue weighted by molar-refractivity contribution is 7.99. The number of carbonyl (C=O) groups is 2. The van der Waals surface area contributed by atoms with Gasteiger partial charge >= 0.3 is 12.1 Å². The van der Waals surface area contributed by atoms with Crippen molar-refractivity contribution < 1.29 is 19.4 Å². The Labute approximate surface area is 196 Å². The highest BCUT2D eigenvalue weighted by atomic mass is 32.2. The van der Waals surface area contributed by atoms with Crippen molar-refractivity contribution in [3.8, 4) is 5.75 Å². The van der Waals surface area contributed by atoms with E-state index >= 15 is 0 Å². The predicted molar refractivity (Wildman–Crippen MR) is 125 cm³/mol. The van der Waals surface area contributed by atoms with E-state index in [4.69, 9.17) is 9.84 Å². The zero-order chi connectivity index (χ0) is 23.2. The van der Waals surface area contributed by atoms with Crippen LogP contribution in [0.1, 0.15) is 15.9 Å². The van der Waals surface area contributed by atoms with Crippen molar-refractivity contribution in [2.45, 2.75) is 11.6 Å². The monoisotopic (exact) mass is 467 g/mol. The average Bonchev–Trinajstić information content (AvgIpc) is 3.25. The number of carboxylic acid groups (broad SMARTS) is 1. The largest absolute Gasteiger partial charge is 0.478 e. The lowest BCUT2D eigenvalue weighted by atomic mass is 10.2. The van der Waals surface area contributed by atoms with Gasteiger partial charge in [-0.05, 0) is 36.2 Å². The first-order valence-corrected chi connectivity index (χ1v) is 11.6. The summed E-state index contributed by atoms with van der Waals surface area (Å²) >= 11 is 1.71. The van der Waals surface area contributed by atoms with Crippen molar-refractivity contribution in [3.63, 3.8) is 0 Å². The van der Waals surface area contributed by atoms with Crippen molar-refractivity contribution in [3.05, 3.63) is 66.1 Å². The number of hydrogen-bond donors (Lipinski definition) is 1. The van der Waals surface area contributed by atoms with E-state index in [1.165, 1.54) is 17.8 Å². The molecular formula is C23H25N5O4S. The number of thioether (sulfide) groups is 1. The Balaban J connectivity index is 1.22. The Kier molecular flexibility index (Phi) is 7.13. The number of benzene rings is 1. The number of pyridine rings is 1. The highest BCUT2D eigenvalue weighted by Crippen LogP contribution is 2.19. The molecule has 0 atom stereocenters. The Morgan fingerprint density at radius 1 is 1.06 bits per heavy atom. The third-order valence-electron chi connectivity index (χ3n) is 5.38. The number of anilines is 1. The maximum atomic E-state index is 12.5. The van der Waals surface area contributed by atoms with Gasteiger partial charge in [-0.2, -0.15) is 0 Å². The van der Waals surface area contributed by atoms with Gasteiger partial charge in [-0.15, -0.1) is 0 Å². The van der Waals surface area contributed by atoms with Gasteiger partial charge in [0.1, 0.15) is 11.6 Å². The van der Waals surface area contributed by atoms with Crippen LogP contribution in [0, 0.1) is 0 Å². The maximum absolute atomic E-state index is 12.5. The molecule has 0 spiro atoms. The van der Waals surface area contributed by atoms with Gasteiger partial charge in [0.15, 0.2) is 5.16 Å². The molecule has 0 unspecified atom stereocenters. The molecular weight excluding hydrogens is 442 g/mol. The van der Waals surface area contributed by atoms with Crippen molar-refractivity contribution in [2.75, 3.05) is 36.8 Å². The molecule has 1 aliphatic rings. The number of hydrogen-bond acceptors (Lipinski definition) is 7. The minimum absolute atomic E-state index is 0.152. The molecule has 1 aromatic carbocycles. The number of aromatic nitrogens is 3. The van der Waals surface area contributed by atoms with Gasteiger partial charge in [-0.3, -0.25) is 0 Å². The molecule has 0 aliphatic carbocycles. The summed E-state index contributed by atoms with van der Waals surface area (Å²) < 4.78 is 7.54. The number of rotatable bonds is 7. The molecule has 1 amide bonds. The Hall–Kier alpha value is -3.53. The van der Waals surface area contributed by atoms with Crippen molar-refractivity contribution >= 4 is 29.6 Å². The molecule has 172 valence electrons. The van der Waals surface area contributed by atoms with Crippen LogP contribution in [0.4, 0.5) is 10.6 Å². The van der Waals surface area contributed by atoms with Crippen LogP contribution in [-0.2, 0) is 13.5 Å². The number of aromatic carboxylic acids is 1. The fraction of sp³-hybridized carbons (Fsp3) is 0.304. The van der Waals surface area contributed by atoms with Gasteiger partial charge in [-0.1, -0.05) is 23.9 Å². The van der Waals surface area contributed by atoms with Crippen LogP contribution in [0.3, 0.4) is 0 Å². The summed E-state index contributed by atoms with van der Waals surface area (Å²) in [6.45, 7) is 2.20. The van der Waals surface area contributed by atoms with E-state index in [2.05, 4.69) is 9.97 Å². The minimum atomic E-state index is -1.00. The third-order valence-corrected chi connectivity index (χ3v) is 6.44. The molecule has 1 fully saturated rings. The fourth-order valence-corrected chi connectivity index (χ4v) is 4.38. The van der Waals surface area contributed by atoms with Crippen LogP contribution in [0.5, 0.6) is 5.75 Å². The van der Waals surface area contributed by atoms with Gasteiger partial charge in [0.25, 0.3) is 0 Å². The lowest BCUT2D eigenvalue weighted by Crippen LogP contribution is -2.49. The summed E-state index contributed by atoms with van der Waals surface area (Å²) in [7, 11) is 1.98. The molecule has 0 bridgehead atoms. The van der Waals surface area contributed by atoms with E-state index in [0.29, 0.717) is 37.7 Å². The van der Waals surface area contributed by atoms with Gasteiger partial charge in [0.2, 0.25) is 0 Å². The van der Waals surface area contributed by atoms with Crippen molar-refractivity contribution in [1.82, 2.24) is 19.4 Å². The lowest BCUT2D eigenvalue weighted by Gasteiger charge is -2.34. The molecule has 4 rings (SSSR count). The molecule has 3 heterocycles. The lowest BCUT2D eigenvalue weighted by molar-refractivity contribution is 0.0696. The normalized spacial score (nSPS) is 13.7.